The number of carboxylic acid groups (broad SMARTS) is 1. The first-order valence-corrected chi connectivity index (χ1v) is 5.52. The predicted molar refractivity (Wildman–Crippen MR) is 54.1 cm³/mol. The normalized spacial score (nSPS) is 30.9. The van der Waals surface area contributed by atoms with Gasteiger partial charge in [-0.15, -0.1) is 0 Å². The van der Waals surface area contributed by atoms with Crippen LogP contribution in [0.5, 0.6) is 0 Å². The van der Waals surface area contributed by atoms with Crippen LogP contribution in [-0.2, 0) is 4.79 Å². The first kappa shape index (κ1) is 9.97. The van der Waals surface area contributed by atoms with Crippen LogP contribution in [0.15, 0.2) is 0 Å². The van der Waals surface area contributed by atoms with Gasteiger partial charge in [0.1, 0.15) is 0 Å². The third kappa shape index (κ3) is 1.54. The molecular weight excluding hydrogens is 178 g/mol. The van der Waals surface area contributed by atoms with Crippen LogP contribution in [0.3, 0.4) is 0 Å². The first-order chi connectivity index (χ1) is 6.55. The Morgan fingerprint density at radius 2 is 2.00 bits per heavy atom. The van der Waals surface area contributed by atoms with Crippen molar-refractivity contribution in [1.29, 1.82) is 0 Å². The number of hydrogen-bond donors (Lipinski definition) is 1. The van der Waals surface area contributed by atoms with Gasteiger partial charge in [0.2, 0.25) is 0 Å². The van der Waals surface area contributed by atoms with Crippen molar-refractivity contribution < 1.29 is 9.90 Å². The number of hydrogen-bond acceptors (Lipinski definition) is 2. The van der Waals surface area contributed by atoms with E-state index in [9.17, 15) is 4.79 Å². The zero-order valence-corrected chi connectivity index (χ0v) is 8.99. The highest BCUT2D eigenvalue weighted by Crippen LogP contribution is 2.59. The molecule has 1 atom stereocenters. The van der Waals surface area contributed by atoms with E-state index in [0.29, 0.717) is 6.04 Å². The number of nitrogens with zero attached hydrogens (tertiary/aromatic N) is 1. The van der Waals surface area contributed by atoms with Crippen molar-refractivity contribution >= 4 is 5.97 Å². The molecule has 0 radical (unpaired) electrons. The minimum atomic E-state index is -0.581. The van der Waals surface area contributed by atoms with E-state index in [1.165, 1.54) is 0 Å². The van der Waals surface area contributed by atoms with Crippen LogP contribution in [0.1, 0.15) is 33.1 Å². The summed E-state index contributed by atoms with van der Waals surface area (Å²) >= 11 is 0. The molecule has 1 aliphatic carbocycles. The van der Waals surface area contributed by atoms with Gasteiger partial charge in [-0.2, -0.15) is 0 Å². The second-order valence-corrected chi connectivity index (χ2v) is 5.09. The molecule has 2 rings (SSSR count). The highest BCUT2D eigenvalue weighted by Gasteiger charge is 2.58. The van der Waals surface area contributed by atoms with Crippen LogP contribution in [0, 0.1) is 11.3 Å². The summed E-state index contributed by atoms with van der Waals surface area (Å²) in [5.74, 6) is -0.611. The molecule has 1 aliphatic heterocycles. The fourth-order valence-electron chi connectivity index (χ4n) is 2.74. The zero-order valence-electron chi connectivity index (χ0n) is 8.99. The molecule has 0 aromatic rings. The summed E-state index contributed by atoms with van der Waals surface area (Å²) in [6, 6.07) is 0.606. The smallest absolute Gasteiger partial charge is 0.307 e. The number of carboxylic acids is 1. The lowest BCUT2D eigenvalue weighted by Gasteiger charge is -2.35. The summed E-state index contributed by atoms with van der Waals surface area (Å²) in [7, 11) is 0. The van der Waals surface area contributed by atoms with Gasteiger partial charge in [-0.3, -0.25) is 4.79 Å². The SMILES string of the molecule is CC(C)N1CCC2(CC1)CC2C(=O)O. The maximum absolute atomic E-state index is 10.8. The largest absolute Gasteiger partial charge is 0.481 e. The van der Waals surface area contributed by atoms with E-state index >= 15 is 0 Å². The molecule has 1 saturated carbocycles. The quantitative estimate of drug-likeness (QED) is 0.730. The minimum Gasteiger partial charge on any atom is -0.481 e. The summed E-state index contributed by atoms with van der Waals surface area (Å²) in [6.07, 6.45) is 3.10. The van der Waals surface area contributed by atoms with Gasteiger partial charge in [0.15, 0.2) is 0 Å². The molecule has 0 bridgehead atoms. The van der Waals surface area contributed by atoms with Crippen LogP contribution in [0.2, 0.25) is 0 Å². The van der Waals surface area contributed by atoms with Crippen LogP contribution < -0.4 is 0 Å². The number of likely N-dealkylation sites (tertiary alicyclic amines) is 1. The Kier molecular flexibility index (Phi) is 2.30. The Morgan fingerprint density at radius 1 is 1.43 bits per heavy atom. The highest BCUT2D eigenvalue weighted by atomic mass is 16.4. The maximum atomic E-state index is 10.8. The van der Waals surface area contributed by atoms with Crippen molar-refractivity contribution in [3.05, 3.63) is 0 Å². The van der Waals surface area contributed by atoms with Gasteiger partial charge >= 0.3 is 5.97 Å². The Morgan fingerprint density at radius 3 is 2.36 bits per heavy atom. The van der Waals surface area contributed by atoms with Gasteiger partial charge in [-0.25, -0.2) is 0 Å². The molecule has 3 nitrogen and oxygen atoms in total. The van der Waals surface area contributed by atoms with E-state index in [1.807, 2.05) is 0 Å². The third-order valence-electron chi connectivity index (χ3n) is 4.01. The van der Waals surface area contributed by atoms with Gasteiger partial charge in [0.05, 0.1) is 5.92 Å². The average Bonchev–Trinajstić information content (AvgIpc) is 2.80. The first-order valence-electron chi connectivity index (χ1n) is 5.52. The second kappa shape index (κ2) is 3.23. The summed E-state index contributed by atoms with van der Waals surface area (Å²) in [5, 5.41) is 8.93. The lowest BCUT2D eigenvalue weighted by atomic mass is 9.90. The van der Waals surface area contributed by atoms with Crippen LogP contribution in [0.4, 0.5) is 0 Å². The zero-order chi connectivity index (χ0) is 10.3. The van der Waals surface area contributed by atoms with Crippen molar-refractivity contribution in [2.75, 3.05) is 13.1 Å². The van der Waals surface area contributed by atoms with Crippen LogP contribution in [-0.4, -0.2) is 35.1 Å². The van der Waals surface area contributed by atoms with Crippen molar-refractivity contribution in [3.8, 4) is 0 Å². The van der Waals surface area contributed by atoms with Gasteiger partial charge in [-0.1, -0.05) is 0 Å². The molecule has 1 spiro atoms. The Balaban J connectivity index is 1.89. The molecule has 2 aliphatic rings. The molecule has 1 heterocycles. The van der Waals surface area contributed by atoms with Crippen molar-refractivity contribution in [2.45, 2.75) is 39.2 Å². The average molecular weight is 197 g/mol. The highest BCUT2D eigenvalue weighted by molar-refractivity contribution is 5.74. The molecule has 2 fully saturated rings. The number of carbonyl (C=O) groups is 1. The van der Waals surface area contributed by atoms with Gasteiger partial charge in [0.25, 0.3) is 0 Å². The molecule has 80 valence electrons. The molecular formula is C11H19NO2. The molecule has 3 heteroatoms. The van der Waals surface area contributed by atoms with Crippen molar-refractivity contribution in [3.63, 3.8) is 0 Å². The number of piperidine rings is 1. The molecule has 1 N–H and O–H groups in total. The van der Waals surface area contributed by atoms with Crippen molar-refractivity contribution in [2.24, 2.45) is 11.3 Å². The van der Waals surface area contributed by atoms with Crippen LogP contribution in [0.25, 0.3) is 0 Å². The van der Waals surface area contributed by atoms with E-state index in [0.717, 1.165) is 32.4 Å². The standard InChI is InChI=1S/C11H19NO2/c1-8(2)12-5-3-11(4-6-12)7-9(11)10(13)14/h8-9H,3-7H2,1-2H3,(H,13,14). The topological polar surface area (TPSA) is 40.5 Å². The lowest BCUT2D eigenvalue weighted by molar-refractivity contribution is -0.139. The van der Waals surface area contributed by atoms with Crippen molar-refractivity contribution in [1.82, 2.24) is 4.90 Å². The Hall–Kier alpha value is -0.570. The summed E-state index contributed by atoms with van der Waals surface area (Å²) < 4.78 is 0. The van der Waals surface area contributed by atoms with E-state index < -0.39 is 5.97 Å². The number of rotatable bonds is 2. The fourth-order valence-corrected chi connectivity index (χ4v) is 2.74. The van der Waals surface area contributed by atoms with Crippen LogP contribution >= 0.6 is 0 Å². The van der Waals surface area contributed by atoms with E-state index in [2.05, 4.69) is 18.7 Å². The van der Waals surface area contributed by atoms with E-state index in [-0.39, 0.29) is 11.3 Å². The van der Waals surface area contributed by atoms with E-state index in [1.54, 1.807) is 0 Å². The summed E-state index contributed by atoms with van der Waals surface area (Å²) in [4.78, 5) is 13.3. The maximum Gasteiger partial charge on any atom is 0.307 e. The number of aliphatic carboxylic acids is 1. The molecule has 14 heavy (non-hydrogen) atoms. The predicted octanol–water partition coefficient (Wildman–Crippen LogP) is 1.58. The molecule has 0 amide bonds. The van der Waals surface area contributed by atoms with Gasteiger partial charge in [-0.05, 0) is 51.6 Å². The third-order valence-corrected chi connectivity index (χ3v) is 4.01. The van der Waals surface area contributed by atoms with Gasteiger partial charge < -0.3 is 10.0 Å². The minimum absolute atomic E-state index is 0.0307. The fraction of sp³-hybridized carbons (Fsp3) is 0.909. The molecule has 1 saturated heterocycles. The second-order valence-electron chi connectivity index (χ2n) is 5.09. The molecule has 1 unspecified atom stereocenters. The Bertz CT molecular complexity index is 242. The molecule has 0 aromatic carbocycles. The van der Waals surface area contributed by atoms with Gasteiger partial charge in [0, 0.05) is 6.04 Å². The monoisotopic (exact) mass is 197 g/mol. The molecule has 0 aromatic heterocycles. The lowest BCUT2D eigenvalue weighted by Crippen LogP contribution is -2.39. The summed E-state index contributed by atoms with van der Waals surface area (Å²) in [5.41, 5.74) is 0.192. The van der Waals surface area contributed by atoms with E-state index in [4.69, 9.17) is 5.11 Å². The Labute approximate surface area is 85.1 Å². The summed E-state index contributed by atoms with van der Waals surface area (Å²) in [6.45, 7) is 6.59.